The summed E-state index contributed by atoms with van der Waals surface area (Å²) in [5, 5.41) is 11.3. The molecule has 0 aromatic heterocycles. The Morgan fingerprint density at radius 2 is 1.88 bits per heavy atom. The fourth-order valence-corrected chi connectivity index (χ4v) is 5.37. The summed E-state index contributed by atoms with van der Waals surface area (Å²) >= 11 is 0. The Hall–Kier alpha value is -2.20. The lowest BCUT2D eigenvalue weighted by Gasteiger charge is -2.49. The van der Waals surface area contributed by atoms with Crippen molar-refractivity contribution in [3.8, 4) is 0 Å². The molecule has 1 aromatic carbocycles. The summed E-state index contributed by atoms with van der Waals surface area (Å²) in [7, 11) is 5.86. The first-order valence-corrected chi connectivity index (χ1v) is 10.8. The molecule has 2 heterocycles. The van der Waals surface area contributed by atoms with Crippen LogP contribution in [0.4, 0.5) is 4.79 Å². The fraction of sp³-hybridized carbons (Fsp3) is 0.652. The number of benzene rings is 1. The fourth-order valence-electron chi connectivity index (χ4n) is 5.37. The zero-order chi connectivity index (χ0) is 23.3. The highest BCUT2D eigenvalue weighted by Crippen LogP contribution is 2.49. The summed E-state index contributed by atoms with van der Waals surface area (Å²) in [4.78, 5) is 30.0. The van der Waals surface area contributed by atoms with Crippen LogP contribution in [0.15, 0.2) is 30.3 Å². The molecule has 9 heteroatoms. The molecule has 32 heavy (non-hydrogen) atoms. The van der Waals surface area contributed by atoms with Crippen LogP contribution in [0.2, 0.25) is 0 Å². The highest BCUT2D eigenvalue weighted by molar-refractivity contribution is 5.92. The summed E-state index contributed by atoms with van der Waals surface area (Å²) in [6, 6.07) is 9.67. The summed E-state index contributed by atoms with van der Waals surface area (Å²) in [5.41, 5.74) is -0.499. The Morgan fingerprint density at radius 1 is 1.19 bits per heavy atom. The predicted molar refractivity (Wildman–Crippen MR) is 116 cm³/mol. The van der Waals surface area contributed by atoms with Crippen LogP contribution in [-0.2, 0) is 30.3 Å². The van der Waals surface area contributed by atoms with Crippen LogP contribution in [0, 0.1) is 11.8 Å². The molecule has 0 saturated carbocycles. The first-order chi connectivity index (χ1) is 15.4. The minimum atomic E-state index is -1.48. The minimum absolute atomic E-state index is 0.0837. The van der Waals surface area contributed by atoms with Gasteiger partial charge in [0.15, 0.2) is 11.8 Å². The van der Waals surface area contributed by atoms with Crippen molar-refractivity contribution in [3.63, 3.8) is 0 Å². The molecule has 2 aliphatic heterocycles. The summed E-state index contributed by atoms with van der Waals surface area (Å²) in [6.07, 6.45) is -1.23. The quantitative estimate of drug-likeness (QED) is 0.569. The largest absolute Gasteiger partial charge is 0.453 e. The number of piperidine rings is 1. The van der Waals surface area contributed by atoms with E-state index in [-0.39, 0.29) is 30.9 Å². The normalized spacial score (nSPS) is 26.4. The number of carbonyl (C=O) groups is 2. The van der Waals surface area contributed by atoms with Crippen LogP contribution in [0.25, 0.3) is 0 Å². The number of aliphatic hydroxyl groups is 1. The Morgan fingerprint density at radius 3 is 2.47 bits per heavy atom. The first kappa shape index (κ1) is 24.4. The zero-order valence-corrected chi connectivity index (χ0v) is 19.2. The molecule has 0 unspecified atom stereocenters. The van der Waals surface area contributed by atoms with E-state index >= 15 is 0 Å². The number of likely N-dealkylation sites (tertiary alicyclic amines) is 2. The molecule has 2 aliphatic rings. The Kier molecular flexibility index (Phi) is 8.10. The number of amides is 2. The predicted octanol–water partition coefficient (Wildman–Crippen LogP) is 1.49. The van der Waals surface area contributed by atoms with Crippen LogP contribution in [0.3, 0.4) is 0 Å². The van der Waals surface area contributed by atoms with E-state index in [0.29, 0.717) is 25.9 Å². The van der Waals surface area contributed by atoms with Gasteiger partial charge < -0.3 is 29.0 Å². The molecule has 3 rings (SSSR count). The number of hydrogen-bond acceptors (Lipinski definition) is 7. The summed E-state index contributed by atoms with van der Waals surface area (Å²) in [6.45, 7) is 1.09. The van der Waals surface area contributed by atoms with Gasteiger partial charge >= 0.3 is 6.09 Å². The molecule has 0 aliphatic carbocycles. The molecule has 2 saturated heterocycles. The van der Waals surface area contributed by atoms with Crippen molar-refractivity contribution in [2.24, 2.45) is 11.8 Å². The van der Waals surface area contributed by atoms with Gasteiger partial charge in [0.05, 0.1) is 13.7 Å². The van der Waals surface area contributed by atoms with E-state index in [1.165, 1.54) is 19.1 Å². The van der Waals surface area contributed by atoms with Crippen LogP contribution in [0.1, 0.15) is 18.4 Å². The summed E-state index contributed by atoms with van der Waals surface area (Å²) in [5.74, 6) is -0.700. The van der Waals surface area contributed by atoms with Gasteiger partial charge in [-0.15, -0.1) is 0 Å². The molecule has 1 N–H and O–H groups in total. The van der Waals surface area contributed by atoms with E-state index in [0.717, 1.165) is 5.56 Å². The molecule has 2 amide bonds. The maximum atomic E-state index is 14.0. The number of rotatable bonds is 9. The molecular formula is C23H34N2O7. The number of carbonyl (C=O) groups excluding carboxylic acids is 2. The van der Waals surface area contributed by atoms with Crippen molar-refractivity contribution in [2.75, 3.05) is 48.1 Å². The zero-order valence-electron chi connectivity index (χ0n) is 19.2. The lowest BCUT2D eigenvalue weighted by molar-refractivity contribution is -0.165. The van der Waals surface area contributed by atoms with Gasteiger partial charge in [0.1, 0.15) is 6.10 Å². The van der Waals surface area contributed by atoms with Gasteiger partial charge in [-0.25, -0.2) is 4.79 Å². The second kappa shape index (κ2) is 10.6. The van der Waals surface area contributed by atoms with Crippen LogP contribution < -0.4 is 0 Å². The van der Waals surface area contributed by atoms with Crippen molar-refractivity contribution in [2.45, 2.75) is 37.3 Å². The van der Waals surface area contributed by atoms with E-state index in [9.17, 15) is 14.7 Å². The van der Waals surface area contributed by atoms with Gasteiger partial charge in [-0.05, 0) is 17.9 Å². The molecule has 4 atom stereocenters. The number of fused-ring (bicyclic) bond motifs is 1. The Balaban J connectivity index is 2.02. The van der Waals surface area contributed by atoms with Gasteiger partial charge in [-0.2, -0.15) is 0 Å². The topological polar surface area (TPSA) is 97.8 Å². The summed E-state index contributed by atoms with van der Waals surface area (Å²) < 4.78 is 21.1. The number of aliphatic hydroxyl groups excluding tert-OH is 1. The average molecular weight is 451 g/mol. The number of methoxy groups -OCH3 is 4. The lowest BCUT2D eigenvalue weighted by Crippen LogP contribution is -2.70. The molecule has 0 bridgehead atoms. The maximum Gasteiger partial charge on any atom is 0.410 e. The molecule has 1 aromatic rings. The van der Waals surface area contributed by atoms with E-state index in [1.54, 1.807) is 19.1 Å². The molecule has 2 fully saturated rings. The standard InChI is InChI=1S/C23H34N2O7/c1-29-15-19(26)23-18(10-11-24(21(23)27)13-16-8-6-5-7-9-16)17(12-20(30-2)31-3)14-25(23)22(28)32-4/h5-9,17-20,26H,10-15H2,1-4H3/t17-,18-,19+,23-/m1/s1. The second-order valence-corrected chi connectivity index (χ2v) is 8.38. The van der Waals surface area contributed by atoms with Crippen LogP contribution in [-0.4, -0.2) is 93.0 Å². The van der Waals surface area contributed by atoms with Crippen LogP contribution in [0.5, 0.6) is 0 Å². The average Bonchev–Trinajstić information content (AvgIpc) is 3.15. The van der Waals surface area contributed by atoms with Crippen molar-refractivity contribution in [3.05, 3.63) is 35.9 Å². The van der Waals surface area contributed by atoms with Gasteiger partial charge in [0, 0.05) is 53.3 Å². The van der Waals surface area contributed by atoms with Gasteiger partial charge in [0.2, 0.25) is 0 Å². The Bertz CT molecular complexity index is 773. The smallest absolute Gasteiger partial charge is 0.410 e. The number of nitrogens with zero attached hydrogens (tertiary/aromatic N) is 2. The van der Waals surface area contributed by atoms with Crippen molar-refractivity contribution in [1.29, 1.82) is 0 Å². The lowest BCUT2D eigenvalue weighted by atomic mass is 9.70. The molecule has 0 spiro atoms. The first-order valence-electron chi connectivity index (χ1n) is 10.8. The van der Waals surface area contributed by atoms with E-state index in [4.69, 9.17) is 18.9 Å². The molecular weight excluding hydrogens is 416 g/mol. The number of ether oxygens (including phenoxy) is 4. The third kappa shape index (κ3) is 4.34. The van der Waals surface area contributed by atoms with E-state index < -0.39 is 24.0 Å². The third-order valence-corrected chi connectivity index (χ3v) is 6.80. The van der Waals surface area contributed by atoms with Crippen molar-refractivity contribution < 1.29 is 33.6 Å². The van der Waals surface area contributed by atoms with Crippen LogP contribution >= 0.6 is 0 Å². The van der Waals surface area contributed by atoms with E-state index in [1.807, 2.05) is 30.3 Å². The number of hydrogen-bond donors (Lipinski definition) is 1. The molecule has 0 radical (unpaired) electrons. The van der Waals surface area contributed by atoms with Gasteiger partial charge in [-0.3, -0.25) is 9.69 Å². The minimum Gasteiger partial charge on any atom is -0.453 e. The Labute approximate surface area is 189 Å². The SMILES string of the molecule is COC[C@H](O)[C@@]12C(=O)N(Cc3ccccc3)CC[C@@H]1[C@H](CC(OC)OC)CN2C(=O)OC. The monoisotopic (exact) mass is 450 g/mol. The van der Waals surface area contributed by atoms with Gasteiger partial charge in [0.25, 0.3) is 5.91 Å². The highest BCUT2D eigenvalue weighted by Gasteiger charge is 2.66. The third-order valence-electron chi connectivity index (χ3n) is 6.80. The molecule has 9 nitrogen and oxygen atoms in total. The van der Waals surface area contributed by atoms with E-state index in [2.05, 4.69) is 0 Å². The molecule has 178 valence electrons. The van der Waals surface area contributed by atoms with Crippen molar-refractivity contribution in [1.82, 2.24) is 9.80 Å². The second-order valence-electron chi connectivity index (χ2n) is 8.38. The maximum absolute atomic E-state index is 14.0. The van der Waals surface area contributed by atoms with Crippen molar-refractivity contribution >= 4 is 12.0 Å². The highest BCUT2D eigenvalue weighted by atomic mass is 16.7. The van der Waals surface area contributed by atoms with Gasteiger partial charge in [-0.1, -0.05) is 30.3 Å².